The Morgan fingerprint density at radius 1 is 1.03 bits per heavy atom. The fraction of sp³-hybridized carbons (Fsp3) is 0.190. The van der Waals surface area contributed by atoms with Crippen LogP contribution in [0.15, 0.2) is 53.4 Å². The smallest absolute Gasteiger partial charge is 0.290 e. The summed E-state index contributed by atoms with van der Waals surface area (Å²) in [4.78, 5) is 34.6. The van der Waals surface area contributed by atoms with Crippen LogP contribution in [0.25, 0.3) is 6.08 Å². The van der Waals surface area contributed by atoms with E-state index in [1.807, 2.05) is 36.4 Å². The lowest BCUT2D eigenvalue weighted by Gasteiger charge is -2.23. The summed E-state index contributed by atoms with van der Waals surface area (Å²) in [6.45, 7) is 0.643. The molecule has 0 saturated carbocycles. The van der Waals surface area contributed by atoms with Crippen LogP contribution in [0, 0.1) is 0 Å². The molecule has 1 unspecified atom stereocenters. The Morgan fingerprint density at radius 2 is 1.72 bits per heavy atom. The average molecular weight is 410 g/mol. The highest BCUT2D eigenvalue weighted by atomic mass is 32.2. The quantitative estimate of drug-likeness (QED) is 0.737. The number of amides is 3. The lowest BCUT2D eigenvalue weighted by molar-refractivity contribution is -0.131. The molecule has 148 valence electrons. The lowest BCUT2D eigenvalue weighted by Crippen LogP contribution is -2.46. The van der Waals surface area contributed by atoms with Crippen molar-refractivity contribution in [2.45, 2.75) is 12.5 Å². The summed E-state index contributed by atoms with van der Waals surface area (Å²) in [6.07, 6.45) is 2.36. The van der Waals surface area contributed by atoms with E-state index >= 15 is 0 Å². The molecule has 2 aliphatic heterocycles. The van der Waals surface area contributed by atoms with Gasteiger partial charge in [0.1, 0.15) is 18.1 Å². The molecule has 0 spiro atoms. The van der Waals surface area contributed by atoms with E-state index in [4.69, 9.17) is 9.47 Å². The van der Waals surface area contributed by atoms with Gasteiger partial charge in [-0.2, -0.15) is 0 Å². The first kappa shape index (κ1) is 19.2. The number of carbonyl (C=O) groups excluding carboxylic acids is 3. The fourth-order valence-electron chi connectivity index (χ4n) is 3.03. The van der Waals surface area contributed by atoms with Crippen molar-refractivity contribution in [3.8, 4) is 11.5 Å². The van der Waals surface area contributed by atoms with Gasteiger partial charge in [0.2, 0.25) is 5.91 Å². The third kappa shape index (κ3) is 5.04. The van der Waals surface area contributed by atoms with Crippen LogP contribution in [0.3, 0.4) is 0 Å². The number of carbonyl (C=O) groups is 3. The van der Waals surface area contributed by atoms with Crippen LogP contribution >= 0.6 is 11.8 Å². The summed E-state index contributed by atoms with van der Waals surface area (Å²) in [6, 6.07) is 14.9. The molecule has 0 bridgehead atoms. The number of thioether (sulfide) groups is 1. The maximum absolute atomic E-state index is 11.6. The zero-order chi connectivity index (χ0) is 20.2. The number of hydrogen-bond donors (Lipinski definition) is 2. The molecule has 0 radical (unpaired) electrons. The molecule has 0 aromatic heterocycles. The normalized spacial score (nSPS) is 20.5. The summed E-state index contributed by atoms with van der Waals surface area (Å²) >= 11 is 0.888. The number of benzene rings is 2. The topological polar surface area (TPSA) is 93.7 Å². The second-order valence-electron chi connectivity index (χ2n) is 6.65. The van der Waals surface area contributed by atoms with Crippen LogP contribution in [-0.2, 0) is 20.7 Å². The minimum Gasteiger partial charge on any atom is -0.457 e. The molecule has 2 heterocycles. The van der Waals surface area contributed by atoms with Crippen LogP contribution in [0.4, 0.5) is 4.79 Å². The second kappa shape index (κ2) is 8.50. The van der Waals surface area contributed by atoms with E-state index in [2.05, 4.69) is 10.6 Å². The van der Waals surface area contributed by atoms with Gasteiger partial charge in [0, 0.05) is 0 Å². The number of rotatable bonds is 5. The minimum absolute atomic E-state index is 0.0138. The van der Waals surface area contributed by atoms with Gasteiger partial charge in [-0.15, -0.1) is 0 Å². The highest BCUT2D eigenvalue weighted by Gasteiger charge is 2.24. The molecular weight excluding hydrogens is 392 g/mol. The highest BCUT2D eigenvalue weighted by molar-refractivity contribution is 8.18. The zero-order valence-corrected chi connectivity index (χ0v) is 16.2. The molecule has 8 heteroatoms. The molecule has 0 aliphatic carbocycles. The monoisotopic (exact) mass is 410 g/mol. The average Bonchev–Trinajstić information content (AvgIpc) is 3.02. The van der Waals surface area contributed by atoms with E-state index in [0.717, 1.165) is 22.9 Å². The Balaban J connectivity index is 1.35. The van der Waals surface area contributed by atoms with Gasteiger partial charge >= 0.3 is 0 Å². The Kier molecular flexibility index (Phi) is 5.64. The molecule has 1 atom stereocenters. The molecule has 2 saturated heterocycles. The number of morpholine rings is 1. The van der Waals surface area contributed by atoms with Crippen molar-refractivity contribution in [2.24, 2.45) is 0 Å². The first-order valence-corrected chi connectivity index (χ1v) is 9.86. The second-order valence-corrected chi connectivity index (χ2v) is 7.67. The molecular formula is C21H18N2O5S. The molecule has 2 N–H and O–H groups in total. The van der Waals surface area contributed by atoms with Gasteiger partial charge in [-0.25, -0.2) is 0 Å². The molecule has 4 rings (SSSR count). The van der Waals surface area contributed by atoms with Crippen molar-refractivity contribution in [1.29, 1.82) is 0 Å². The van der Waals surface area contributed by atoms with Crippen molar-refractivity contribution in [3.05, 3.63) is 64.6 Å². The predicted molar refractivity (Wildman–Crippen MR) is 109 cm³/mol. The SMILES string of the molecule is O=C1COCC(Cc2ccc(Oc3ccc(/C=C4\SC(=O)NC4=O)cc3)cc2)N1. The minimum atomic E-state index is -0.375. The summed E-state index contributed by atoms with van der Waals surface area (Å²) in [7, 11) is 0. The summed E-state index contributed by atoms with van der Waals surface area (Å²) in [5.41, 5.74) is 1.88. The van der Waals surface area contributed by atoms with Gasteiger partial charge in [-0.3, -0.25) is 19.7 Å². The summed E-state index contributed by atoms with van der Waals surface area (Å²) in [5, 5.41) is 4.78. The number of nitrogens with one attached hydrogen (secondary N) is 2. The van der Waals surface area contributed by atoms with E-state index in [1.54, 1.807) is 18.2 Å². The van der Waals surface area contributed by atoms with E-state index < -0.39 is 0 Å². The van der Waals surface area contributed by atoms with Crippen molar-refractivity contribution in [3.63, 3.8) is 0 Å². The predicted octanol–water partition coefficient (Wildman–Crippen LogP) is 2.86. The number of hydrogen-bond acceptors (Lipinski definition) is 6. The van der Waals surface area contributed by atoms with Crippen LogP contribution in [0.1, 0.15) is 11.1 Å². The standard InChI is InChI=1S/C21H18N2O5S/c24-19-12-27-11-15(22-19)9-13-1-5-16(6-2-13)28-17-7-3-14(4-8-17)10-18-20(25)23-21(26)29-18/h1-8,10,15H,9,11-12H2,(H,22,24)(H,23,25,26)/b18-10-. The van der Waals surface area contributed by atoms with Gasteiger partial charge in [0.25, 0.3) is 11.1 Å². The van der Waals surface area contributed by atoms with Crippen molar-refractivity contribution < 1.29 is 23.9 Å². The van der Waals surface area contributed by atoms with Gasteiger partial charge < -0.3 is 14.8 Å². The summed E-state index contributed by atoms with van der Waals surface area (Å²) in [5.74, 6) is 0.895. The molecule has 7 nitrogen and oxygen atoms in total. The molecule has 3 amide bonds. The zero-order valence-electron chi connectivity index (χ0n) is 15.3. The van der Waals surface area contributed by atoms with Crippen molar-refractivity contribution in [2.75, 3.05) is 13.2 Å². The van der Waals surface area contributed by atoms with Gasteiger partial charge in [0.15, 0.2) is 0 Å². The maximum atomic E-state index is 11.6. The van der Waals surface area contributed by atoms with E-state index in [-0.39, 0.29) is 29.7 Å². The number of ether oxygens (including phenoxy) is 2. The van der Waals surface area contributed by atoms with Crippen LogP contribution in [0.5, 0.6) is 11.5 Å². The van der Waals surface area contributed by atoms with E-state index in [1.165, 1.54) is 0 Å². The highest BCUT2D eigenvalue weighted by Crippen LogP contribution is 2.27. The molecule has 2 aliphatic rings. The molecule has 2 fully saturated rings. The third-order valence-electron chi connectivity index (χ3n) is 4.38. The Morgan fingerprint density at radius 3 is 2.34 bits per heavy atom. The first-order valence-electron chi connectivity index (χ1n) is 9.04. The van der Waals surface area contributed by atoms with Crippen LogP contribution in [-0.4, -0.2) is 36.3 Å². The Labute approximate surface area is 171 Å². The van der Waals surface area contributed by atoms with Gasteiger partial charge in [0.05, 0.1) is 17.6 Å². The van der Waals surface area contributed by atoms with Crippen molar-refractivity contribution in [1.82, 2.24) is 10.6 Å². The third-order valence-corrected chi connectivity index (χ3v) is 5.19. The summed E-state index contributed by atoms with van der Waals surface area (Å²) < 4.78 is 11.1. The lowest BCUT2D eigenvalue weighted by atomic mass is 10.1. The maximum Gasteiger partial charge on any atom is 0.290 e. The Bertz CT molecular complexity index is 970. The van der Waals surface area contributed by atoms with Crippen LogP contribution in [0.2, 0.25) is 0 Å². The fourth-order valence-corrected chi connectivity index (χ4v) is 3.72. The van der Waals surface area contributed by atoms with Gasteiger partial charge in [-0.05, 0) is 59.7 Å². The number of imide groups is 1. The molecule has 2 aromatic carbocycles. The molecule has 2 aromatic rings. The van der Waals surface area contributed by atoms with Gasteiger partial charge in [-0.1, -0.05) is 24.3 Å². The van der Waals surface area contributed by atoms with E-state index in [0.29, 0.717) is 29.4 Å². The molecule has 29 heavy (non-hydrogen) atoms. The van der Waals surface area contributed by atoms with Crippen molar-refractivity contribution >= 4 is 34.9 Å². The van der Waals surface area contributed by atoms with Crippen LogP contribution < -0.4 is 15.4 Å². The Hall–Kier alpha value is -3.10. The first-order chi connectivity index (χ1) is 14.0. The largest absolute Gasteiger partial charge is 0.457 e. The van der Waals surface area contributed by atoms with E-state index in [9.17, 15) is 14.4 Å².